The molecule has 2 unspecified atom stereocenters. The minimum Gasteiger partial charge on any atom is -0.480 e. The van der Waals surface area contributed by atoms with Crippen LogP contribution >= 0.6 is 0 Å². The summed E-state index contributed by atoms with van der Waals surface area (Å²) in [5.74, 6) is -1.18. The molecule has 84 valence electrons. The first-order valence-corrected chi connectivity index (χ1v) is 4.50. The molecule has 1 aliphatic heterocycles. The lowest BCUT2D eigenvalue weighted by Gasteiger charge is -2.06. The van der Waals surface area contributed by atoms with E-state index >= 15 is 0 Å². The number of hydrogen-bond acceptors (Lipinski definition) is 5. The van der Waals surface area contributed by atoms with Crippen molar-refractivity contribution >= 4 is 5.97 Å². The minimum atomic E-state index is -1.18. The summed E-state index contributed by atoms with van der Waals surface area (Å²) in [6.07, 6.45) is -0.113. The Morgan fingerprint density at radius 3 is 2.29 bits per heavy atom. The molecule has 6 N–H and O–H groups in total. The summed E-state index contributed by atoms with van der Waals surface area (Å²) in [5.41, 5.74) is 4.91. The average molecular weight is 206 g/mol. The van der Waals surface area contributed by atoms with Gasteiger partial charge in [-0.3, -0.25) is 4.79 Å². The molecule has 1 aliphatic rings. The Balaban J connectivity index is 0.000000249. The van der Waals surface area contributed by atoms with Crippen LogP contribution in [0.15, 0.2) is 0 Å². The number of aliphatic hydroxyl groups is 2. The fourth-order valence-corrected chi connectivity index (χ4v) is 0.846. The lowest BCUT2D eigenvalue weighted by Crippen LogP contribution is -2.39. The van der Waals surface area contributed by atoms with E-state index in [0.29, 0.717) is 0 Å². The van der Waals surface area contributed by atoms with Gasteiger partial charge in [0.15, 0.2) is 0 Å². The predicted molar refractivity (Wildman–Crippen MR) is 50.8 cm³/mol. The number of hydrogen-bond donors (Lipinski definition) is 5. The minimum absolute atomic E-state index is 0.0648. The van der Waals surface area contributed by atoms with Crippen LogP contribution in [-0.4, -0.2) is 52.6 Å². The molecular formula is C8H18N2O4. The molecule has 1 rings (SSSR count). The number of nitrogens with one attached hydrogen (secondary N) is 1. The predicted octanol–water partition coefficient (Wildman–Crippen LogP) is -1.88. The molecule has 3 atom stereocenters. The number of rotatable bonds is 2. The fourth-order valence-electron chi connectivity index (χ4n) is 0.846. The Hall–Kier alpha value is -0.690. The Morgan fingerprint density at radius 1 is 1.64 bits per heavy atom. The van der Waals surface area contributed by atoms with E-state index in [9.17, 15) is 4.79 Å². The Morgan fingerprint density at radius 2 is 2.21 bits per heavy atom. The van der Waals surface area contributed by atoms with Crippen molar-refractivity contribution in [3.63, 3.8) is 0 Å². The monoisotopic (exact) mass is 206 g/mol. The molecule has 0 aromatic rings. The smallest absolute Gasteiger partial charge is 0.323 e. The summed E-state index contributed by atoms with van der Waals surface area (Å²) in [7, 11) is 0. The Labute approximate surface area is 82.7 Å². The van der Waals surface area contributed by atoms with E-state index < -0.39 is 18.1 Å². The van der Waals surface area contributed by atoms with Gasteiger partial charge in [-0.25, -0.2) is 0 Å². The van der Waals surface area contributed by atoms with E-state index in [-0.39, 0.29) is 6.10 Å². The fraction of sp³-hybridized carbons (Fsp3) is 0.875. The highest BCUT2D eigenvalue weighted by atomic mass is 16.4. The maximum Gasteiger partial charge on any atom is 0.323 e. The zero-order chi connectivity index (χ0) is 11.1. The van der Waals surface area contributed by atoms with E-state index in [1.807, 2.05) is 0 Å². The SMILES string of the molecule is CC(O)C(N)C(=O)O.O[C@H]1CCNC1. The molecule has 0 aromatic carbocycles. The van der Waals surface area contributed by atoms with Crippen molar-refractivity contribution < 1.29 is 20.1 Å². The number of β-amino-alcohol motifs (C(OH)–C–C–N with tert-alkyl or cyclic N) is 1. The summed E-state index contributed by atoms with van der Waals surface area (Å²) < 4.78 is 0. The molecule has 0 radical (unpaired) electrons. The maximum absolute atomic E-state index is 9.86. The molecule has 1 saturated heterocycles. The van der Waals surface area contributed by atoms with E-state index in [2.05, 4.69) is 5.32 Å². The van der Waals surface area contributed by atoms with Crippen LogP contribution in [0.4, 0.5) is 0 Å². The molecule has 1 heterocycles. The van der Waals surface area contributed by atoms with Gasteiger partial charge in [-0.15, -0.1) is 0 Å². The quantitative estimate of drug-likeness (QED) is 0.361. The third-order valence-electron chi connectivity index (χ3n) is 1.84. The van der Waals surface area contributed by atoms with Crippen LogP contribution < -0.4 is 11.1 Å². The molecular weight excluding hydrogens is 188 g/mol. The highest BCUT2D eigenvalue weighted by Gasteiger charge is 2.16. The van der Waals surface area contributed by atoms with Gasteiger partial charge < -0.3 is 26.4 Å². The van der Waals surface area contributed by atoms with Gasteiger partial charge in [-0.2, -0.15) is 0 Å². The number of carboxylic acids is 1. The molecule has 6 heteroatoms. The second-order valence-electron chi connectivity index (χ2n) is 3.25. The zero-order valence-corrected chi connectivity index (χ0v) is 8.18. The molecule has 0 amide bonds. The van der Waals surface area contributed by atoms with Crippen molar-refractivity contribution in [1.29, 1.82) is 0 Å². The van der Waals surface area contributed by atoms with Crippen molar-refractivity contribution in [3.05, 3.63) is 0 Å². The lowest BCUT2D eigenvalue weighted by molar-refractivity contribution is -0.140. The van der Waals surface area contributed by atoms with Gasteiger partial charge in [0.1, 0.15) is 6.04 Å². The summed E-state index contributed by atoms with van der Waals surface area (Å²) in [4.78, 5) is 9.86. The van der Waals surface area contributed by atoms with Gasteiger partial charge in [-0.1, -0.05) is 0 Å². The number of carbonyl (C=O) groups is 1. The van der Waals surface area contributed by atoms with E-state index in [1.165, 1.54) is 6.92 Å². The van der Waals surface area contributed by atoms with Crippen molar-refractivity contribution in [3.8, 4) is 0 Å². The first kappa shape index (κ1) is 13.3. The topological polar surface area (TPSA) is 116 Å². The number of nitrogens with two attached hydrogens (primary N) is 1. The van der Waals surface area contributed by atoms with Crippen molar-refractivity contribution in [2.45, 2.75) is 31.6 Å². The highest BCUT2D eigenvalue weighted by Crippen LogP contribution is 1.93. The van der Waals surface area contributed by atoms with Gasteiger partial charge in [0, 0.05) is 6.54 Å². The molecule has 1 fully saturated rings. The number of carboxylic acid groups (broad SMARTS) is 1. The van der Waals surface area contributed by atoms with E-state index in [0.717, 1.165) is 19.5 Å². The molecule has 0 spiro atoms. The lowest BCUT2D eigenvalue weighted by atomic mass is 10.2. The van der Waals surface area contributed by atoms with Crippen LogP contribution in [0, 0.1) is 0 Å². The molecule has 0 aromatic heterocycles. The maximum atomic E-state index is 9.86. The normalized spacial score (nSPS) is 24.7. The molecule has 6 nitrogen and oxygen atoms in total. The van der Waals surface area contributed by atoms with Gasteiger partial charge in [0.2, 0.25) is 0 Å². The van der Waals surface area contributed by atoms with Crippen LogP contribution in [0.2, 0.25) is 0 Å². The second kappa shape index (κ2) is 6.72. The standard InChI is InChI=1S/C4H9NO3.C4H9NO/c1-2(6)3(5)4(7)8;6-4-1-2-5-3-4/h2-3,6H,5H2,1H3,(H,7,8);4-6H,1-3H2/t;4-/m.0/s1. The Bertz CT molecular complexity index is 169. The molecule has 0 saturated carbocycles. The molecule has 14 heavy (non-hydrogen) atoms. The van der Waals surface area contributed by atoms with Crippen molar-refractivity contribution in [2.24, 2.45) is 5.73 Å². The summed E-state index contributed by atoms with van der Waals surface area (Å²) in [6, 6.07) is -1.16. The number of aliphatic hydroxyl groups excluding tert-OH is 2. The molecule has 0 bridgehead atoms. The van der Waals surface area contributed by atoms with Crippen LogP contribution in [0.25, 0.3) is 0 Å². The number of aliphatic carboxylic acids is 1. The van der Waals surface area contributed by atoms with E-state index in [1.54, 1.807) is 0 Å². The Kier molecular flexibility index (Phi) is 6.39. The van der Waals surface area contributed by atoms with Crippen LogP contribution in [-0.2, 0) is 4.79 Å². The van der Waals surface area contributed by atoms with Crippen molar-refractivity contribution in [2.75, 3.05) is 13.1 Å². The first-order chi connectivity index (χ1) is 6.45. The summed E-state index contributed by atoms with van der Waals surface area (Å²) in [6.45, 7) is 3.11. The highest BCUT2D eigenvalue weighted by molar-refractivity contribution is 5.73. The van der Waals surface area contributed by atoms with E-state index in [4.69, 9.17) is 21.1 Å². The third kappa shape index (κ3) is 5.87. The van der Waals surface area contributed by atoms with Crippen LogP contribution in [0.5, 0.6) is 0 Å². The van der Waals surface area contributed by atoms with Gasteiger partial charge in [0.25, 0.3) is 0 Å². The van der Waals surface area contributed by atoms with Crippen LogP contribution in [0.1, 0.15) is 13.3 Å². The van der Waals surface area contributed by atoms with Crippen LogP contribution in [0.3, 0.4) is 0 Å². The average Bonchev–Trinajstić information content (AvgIpc) is 2.55. The van der Waals surface area contributed by atoms with Gasteiger partial charge >= 0.3 is 5.97 Å². The molecule has 0 aliphatic carbocycles. The van der Waals surface area contributed by atoms with Gasteiger partial charge in [-0.05, 0) is 19.9 Å². The third-order valence-corrected chi connectivity index (χ3v) is 1.84. The largest absolute Gasteiger partial charge is 0.480 e. The van der Waals surface area contributed by atoms with Gasteiger partial charge in [0.05, 0.1) is 12.2 Å². The summed E-state index contributed by atoms with van der Waals surface area (Å²) >= 11 is 0. The zero-order valence-electron chi connectivity index (χ0n) is 8.18. The summed E-state index contributed by atoms with van der Waals surface area (Å²) in [5, 5.41) is 28.2. The van der Waals surface area contributed by atoms with Crippen molar-refractivity contribution in [1.82, 2.24) is 5.32 Å². The first-order valence-electron chi connectivity index (χ1n) is 4.50. The second-order valence-corrected chi connectivity index (χ2v) is 3.25.